The van der Waals surface area contributed by atoms with Crippen molar-refractivity contribution < 1.29 is 14.3 Å². The molecule has 0 bridgehead atoms. The van der Waals surface area contributed by atoms with Crippen LogP contribution in [-0.4, -0.2) is 43.7 Å². The zero-order valence-electron chi connectivity index (χ0n) is 16.7. The van der Waals surface area contributed by atoms with E-state index in [1.54, 1.807) is 0 Å². The fraction of sp³-hybridized carbons (Fsp3) is 0.435. The first kappa shape index (κ1) is 21.1. The Hall–Kier alpha value is -2.17. The van der Waals surface area contributed by atoms with Gasteiger partial charge in [0.25, 0.3) is 0 Å². The van der Waals surface area contributed by atoms with Crippen LogP contribution in [0.2, 0.25) is 0 Å². The van der Waals surface area contributed by atoms with Crippen LogP contribution in [0.3, 0.4) is 0 Å². The molecule has 0 saturated heterocycles. The van der Waals surface area contributed by atoms with Crippen LogP contribution in [0, 0.1) is 0 Å². The van der Waals surface area contributed by atoms with Gasteiger partial charge in [0.2, 0.25) is 5.60 Å². The smallest absolute Gasteiger partial charge is 0.347 e. The average molecular weight is 370 g/mol. The molecular formula is C23H31NO3. The van der Waals surface area contributed by atoms with Gasteiger partial charge in [-0.25, -0.2) is 4.79 Å². The monoisotopic (exact) mass is 369 g/mol. The molecule has 2 aromatic carbocycles. The van der Waals surface area contributed by atoms with E-state index in [2.05, 4.69) is 18.7 Å². The van der Waals surface area contributed by atoms with Gasteiger partial charge in [-0.15, -0.1) is 0 Å². The van der Waals surface area contributed by atoms with Gasteiger partial charge >= 0.3 is 5.97 Å². The molecule has 0 saturated carbocycles. The third-order valence-electron chi connectivity index (χ3n) is 4.64. The van der Waals surface area contributed by atoms with Crippen molar-refractivity contribution in [2.24, 2.45) is 0 Å². The van der Waals surface area contributed by atoms with Crippen molar-refractivity contribution in [2.75, 3.05) is 32.8 Å². The number of carbonyl (C=O) groups is 1. The lowest BCUT2D eigenvalue weighted by atomic mass is 9.86. The van der Waals surface area contributed by atoms with Gasteiger partial charge in [-0.3, -0.25) is 0 Å². The first-order valence-electron chi connectivity index (χ1n) is 9.83. The van der Waals surface area contributed by atoms with Crippen molar-refractivity contribution in [1.82, 2.24) is 4.90 Å². The number of rotatable bonds is 11. The summed E-state index contributed by atoms with van der Waals surface area (Å²) < 4.78 is 11.8. The van der Waals surface area contributed by atoms with Crippen molar-refractivity contribution in [2.45, 2.75) is 32.8 Å². The summed E-state index contributed by atoms with van der Waals surface area (Å²) in [4.78, 5) is 15.6. The van der Waals surface area contributed by atoms with E-state index in [9.17, 15) is 4.79 Å². The Morgan fingerprint density at radius 3 is 1.89 bits per heavy atom. The molecule has 27 heavy (non-hydrogen) atoms. The number of esters is 1. The van der Waals surface area contributed by atoms with Crippen LogP contribution >= 0.6 is 0 Å². The normalized spacial score (nSPS) is 11.6. The van der Waals surface area contributed by atoms with E-state index in [1.807, 2.05) is 67.6 Å². The highest BCUT2D eigenvalue weighted by Gasteiger charge is 2.44. The maximum atomic E-state index is 13.3. The van der Waals surface area contributed by atoms with E-state index in [0.717, 1.165) is 37.2 Å². The fourth-order valence-corrected chi connectivity index (χ4v) is 3.30. The number of nitrogens with zero attached hydrogens (tertiary/aromatic N) is 1. The Morgan fingerprint density at radius 2 is 1.44 bits per heavy atom. The molecule has 0 atom stereocenters. The summed E-state index contributed by atoms with van der Waals surface area (Å²) in [7, 11) is 0. The lowest BCUT2D eigenvalue weighted by molar-refractivity contribution is -0.168. The molecule has 2 aromatic rings. The van der Waals surface area contributed by atoms with Crippen LogP contribution in [-0.2, 0) is 19.9 Å². The highest BCUT2D eigenvalue weighted by molar-refractivity contribution is 5.85. The summed E-state index contributed by atoms with van der Waals surface area (Å²) in [6.45, 7) is 9.59. The Balaban J connectivity index is 2.30. The molecule has 0 amide bonds. The van der Waals surface area contributed by atoms with Crippen LogP contribution in [0.15, 0.2) is 60.7 Å². The summed E-state index contributed by atoms with van der Waals surface area (Å²) in [5.74, 6) is -0.366. The highest BCUT2D eigenvalue weighted by atomic mass is 16.6. The van der Waals surface area contributed by atoms with Gasteiger partial charge < -0.3 is 14.4 Å². The number of benzene rings is 2. The van der Waals surface area contributed by atoms with Crippen molar-refractivity contribution in [1.29, 1.82) is 0 Å². The molecule has 4 nitrogen and oxygen atoms in total. The first-order valence-corrected chi connectivity index (χ1v) is 9.83. The van der Waals surface area contributed by atoms with Gasteiger partial charge in [0.05, 0.1) is 0 Å². The number of likely N-dealkylation sites (N-methyl/N-ethyl adjacent to an activating group) is 1. The van der Waals surface area contributed by atoms with Gasteiger partial charge in [0.1, 0.15) is 6.61 Å². The largest absolute Gasteiger partial charge is 0.462 e. The minimum Gasteiger partial charge on any atom is -0.462 e. The van der Waals surface area contributed by atoms with Crippen LogP contribution in [0.25, 0.3) is 0 Å². The SMILES string of the molecule is CCCN(CC)CCOC(=O)C(OCC)(c1ccccc1)c1ccccc1. The molecule has 0 spiro atoms. The Morgan fingerprint density at radius 1 is 0.889 bits per heavy atom. The molecule has 146 valence electrons. The van der Waals surface area contributed by atoms with Gasteiger partial charge in [-0.2, -0.15) is 0 Å². The molecule has 0 N–H and O–H groups in total. The Labute approximate surface area is 163 Å². The maximum absolute atomic E-state index is 13.3. The number of hydrogen-bond donors (Lipinski definition) is 0. The van der Waals surface area contributed by atoms with Gasteiger partial charge in [-0.1, -0.05) is 74.5 Å². The average Bonchev–Trinajstić information content (AvgIpc) is 2.72. The Kier molecular flexibility index (Phi) is 8.49. The standard InChI is InChI=1S/C23H31NO3/c1-4-17-24(5-2)18-19-26-22(25)23(27-6-3,20-13-9-7-10-14-20)21-15-11-8-12-16-21/h7-16H,4-6,17-19H2,1-3H3. The van der Waals surface area contributed by atoms with E-state index in [1.165, 1.54) is 0 Å². The second kappa shape index (κ2) is 10.9. The molecule has 0 aromatic heterocycles. The van der Waals surface area contributed by atoms with Crippen molar-refractivity contribution >= 4 is 5.97 Å². The third-order valence-corrected chi connectivity index (χ3v) is 4.64. The fourth-order valence-electron chi connectivity index (χ4n) is 3.30. The number of ether oxygens (including phenoxy) is 2. The second-order valence-corrected chi connectivity index (χ2v) is 6.42. The van der Waals surface area contributed by atoms with Gasteiger partial charge in [0.15, 0.2) is 0 Å². The minimum atomic E-state index is -1.25. The molecule has 0 aliphatic heterocycles. The van der Waals surface area contributed by atoms with Gasteiger partial charge in [0, 0.05) is 13.2 Å². The molecular weight excluding hydrogens is 338 g/mol. The summed E-state index contributed by atoms with van der Waals surface area (Å²) in [5, 5.41) is 0. The quantitative estimate of drug-likeness (QED) is 0.555. The number of hydrogen-bond acceptors (Lipinski definition) is 4. The Bertz CT molecular complexity index is 633. The molecule has 4 heteroatoms. The lowest BCUT2D eigenvalue weighted by Gasteiger charge is -2.32. The van der Waals surface area contributed by atoms with Gasteiger partial charge in [-0.05, 0) is 37.6 Å². The molecule has 0 aliphatic rings. The molecule has 0 aliphatic carbocycles. The summed E-state index contributed by atoms with van der Waals surface area (Å²) >= 11 is 0. The minimum absolute atomic E-state index is 0.348. The molecule has 0 unspecified atom stereocenters. The summed E-state index contributed by atoms with van der Waals surface area (Å²) in [6, 6.07) is 19.2. The second-order valence-electron chi connectivity index (χ2n) is 6.42. The number of carbonyl (C=O) groups excluding carboxylic acids is 1. The highest BCUT2D eigenvalue weighted by Crippen LogP contribution is 2.35. The zero-order chi connectivity index (χ0) is 19.5. The topological polar surface area (TPSA) is 38.8 Å². The summed E-state index contributed by atoms with van der Waals surface area (Å²) in [6.07, 6.45) is 1.08. The van der Waals surface area contributed by atoms with Crippen molar-refractivity contribution in [3.05, 3.63) is 71.8 Å². The maximum Gasteiger partial charge on any atom is 0.347 e. The van der Waals surface area contributed by atoms with E-state index in [0.29, 0.717) is 13.2 Å². The molecule has 0 fully saturated rings. The van der Waals surface area contributed by atoms with Crippen LogP contribution in [0.5, 0.6) is 0 Å². The lowest BCUT2D eigenvalue weighted by Crippen LogP contribution is -2.42. The van der Waals surface area contributed by atoms with Crippen molar-refractivity contribution in [3.63, 3.8) is 0 Å². The zero-order valence-corrected chi connectivity index (χ0v) is 16.7. The van der Waals surface area contributed by atoms with E-state index in [4.69, 9.17) is 9.47 Å². The third kappa shape index (κ3) is 5.18. The first-order chi connectivity index (χ1) is 13.2. The van der Waals surface area contributed by atoms with Crippen molar-refractivity contribution in [3.8, 4) is 0 Å². The molecule has 0 radical (unpaired) electrons. The van der Waals surface area contributed by atoms with Crippen LogP contribution in [0.4, 0.5) is 0 Å². The summed E-state index contributed by atoms with van der Waals surface area (Å²) in [5.41, 5.74) is 0.312. The van der Waals surface area contributed by atoms with E-state index < -0.39 is 5.60 Å². The van der Waals surface area contributed by atoms with Crippen LogP contribution in [0.1, 0.15) is 38.3 Å². The van der Waals surface area contributed by atoms with E-state index in [-0.39, 0.29) is 5.97 Å². The van der Waals surface area contributed by atoms with E-state index >= 15 is 0 Å². The predicted molar refractivity (Wildman–Crippen MR) is 109 cm³/mol. The molecule has 0 heterocycles. The molecule has 2 rings (SSSR count). The van der Waals surface area contributed by atoms with Crippen LogP contribution < -0.4 is 0 Å². The predicted octanol–water partition coefficient (Wildman–Crippen LogP) is 4.24.